The maximum Gasteiger partial charge on any atom is 0.266 e. The largest absolute Gasteiger partial charge is 0.492 e. The molecule has 1 aromatic carbocycles. The Hall–Kier alpha value is -2.64. The van der Waals surface area contributed by atoms with Gasteiger partial charge in [0.05, 0.1) is 14.2 Å². The molecule has 2 heterocycles. The Morgan fingerprint density at radius 3 is 2.77 bits per heavy atom. The number of rotatable bonds is 5. The number of hydrogen-bond donors (Lipinski definition) is 1. The second kappa shape index (κ2) is 5.63. The Morgan fingerprint density at radius 2 is 2.14 bits per heavy atom. The van der Waals surface area contributed by atoms with Crippen LogP contribution in [0.1, 0.15) is 12.0 Å². The van der Waals surface area contributed by atoms with Crippen molar-refractivity contribution in [3.8, 4) is 23.0 Å². The second-order valence-electron chi connectivity index (χ2n) is 4.87. The van der Waals surface area contributed by atoms with E-state index in [-0.39, 0.29) is 18.6 Å². The lowest BCUT2D eigenvalue weighted by molar-refractivity contribution is -0.112. The summed E-state index contributed by atoms with van der Waals surface area (Å²) in [7, 11) is 3.08. The van der Waals surface area contributed by atoms with Gasteiger partial charge in [-0.15, -0.1) is 0 Å². The minimum Gasteiger partial charge on any atom is -0.492 e. The highest BCUT2D eigenvalue weighted by atomic mass is 16.7. The quantitative estimate of drug-likeness (QED) is 0.855. The molecule has 0 fully saturated rings. The van der Waals surface area contributed by atoms with Gasteiger partial charge in [0.2, 0.25) is 18.3 Å². The molecule has 0 saturated carbocycles. The van der Waals surface area contributed by atoms with Crippen LogP contribution >= 0.6 is 0 Å². The second-order valence-corrected chi connectivity index (χ2v) is 4.87. The van der Waals surface area contributed by atoms with Gasteiger partial charge in [0.1, 0.15) is 11.8 Å². The van der Waals surface area contributed by atoms with Crippen LogP contribution in [0.5, 0.6) is 23.0 Å². The van der Waals surface area contributed by atoms with Gasteiger partial charge in [-0.2, -0.15) is 0 Å². The Labute approximate surface area is 126 Å². The molecule has 8 nitrogen and oxygen atoms in total. The van der Waals surface area contributed by atoms with E-state index in [1.807, 2.05) is 6.07 Å². The molecular formula is C14H16N2O6. The van der Waals surface area contributed by atoms with Gasteiger partial charge in [0.25, 0.3) is 5.91 Å². The zero-order chi connectivity index (χ0) is 15.7. The number of primary amides is 1. The number of nitrogens with zero attached hydrogens (tertiary/aromatic N) is 1. The summed E-state index contributed by atoms with van der Waals surface area (Å²) in [6.07, 6.45) is 0.535. The van der Waals surface area contributed by atoms with Crippen LogP contribution in [0.3, 0.4) is 0 Å². The zero-order valence-corrected chi connectivity index (χ0v) is 12.3. The Morgan fingerprint density at radius 1 is 1.36 bits per heavy atom. The van der Waals surface area contributed by atoms with Crippen molar-refractivity contribution in [1.29, 1.82) is 0 Å². The van der Waals surface area contributed by atoms with Crippen LogP contribution < -0.4 is 24.7 Å². The van der Waals surface area contributed by atoms with E-state index in [4.69, 9.17) is 29.5 Å². The molecule has 0 saturated heterocycles. The molecular weight excluding hydrogens is 292 g/mol. The summed E-state index contributed by atoms with van der Waals surface area (Å²) in [5.74, 6) is 1.55. The number of carbonyl (C=O) groups excluding carboxylic acids is 1. The van der Waals surface area contributed by atoms with Gasteiger partial charge in [-0.05, 0) is 6.07 Å². The molecule has 1 atom stereocenters. The maximum absolute atomic E-state index is 11.1. The lowest BCUT2D eigenvalue weighted by Gasteiger charge is -2.16. The maximum atomic E-state index is 11.1. The van der Waals surface area contributed by atoms with Gasteiger partial charge < -0.3 is 29.5 Å². The van der Waals surface area contributed by atoms with Crippen LogP contribution in [-0.2, 0) is 16.1 Å². The van der Waals surface area contributed by atoms with Crippen molar-refractivity contribution in [3.63, 3.8) is 0 Å². The molecule has 8 heteroatoms. The highest BCUT2D eigenvalue weighted by molar-refractivity contribution is 6.38. The van der Waals surface area contributed by atoms with E-state index in [0.717, 1.165) is 5.56 Å². The van der Waals surface area contributed by atoms with Crippen LogP contribution in [-0.4, -0.2) is 38.7 Å². The number of carbonyl (C=O) groups is 1. The molecule has 2 aliphatic heterocycles. The minimum atomic E-state index is -0.572. The number of oxime groups is 1. The summed E-state index contributed by atoms with van der Waals surface area (Å²) in [5, 5.41) is 3.70. The summed E-state index contributed by atoms with van der Waals surface area (Å²) in [6, 6.07) is 1.81. The predicted molar refractivity (Wildman–Crippen MR) is 75.5 cm³/mol. The average molecular weight is 308 g/mol. The minimum absolute atomic E-state index is 0.132. The van der Waals surface area contributed by atoms with Gasteiger partial charge >= 0.3 is 0 Å². The molecule has 0 radical (unpaired) electrons. The van der Waals surface area contributed by atoms with E-state index < -0.39 is 5.91 Å². The molecule has 22 heavy (non-hydrogen) atoms. The Bertz CT molecular complexity index is 643. The molecule has 2 N–H and O–H groups in total. The van der Waals surface area contributed by atoms with Crippen molar-refractivity contribution in [1.82, 2.24) is 0 Å². The molecule has 3 rings (SSSR count). The third-order valence-corrected chi connectivity index (χ3v) is 3.52. The van der Waals surface area contributed by atoms with Gasteiger partial charge in [-0.25, -0.2) is 0 Å². The zero-order valence-electron chi connectivity index (χ0n) is 12.3. The molecule has 1 aromatic rings. The van der Waals surface area contributed by atoms with Crippen molar-refractivity contribution >= 4 is 11.6 Å². The summed E-state index contributed by atoms with van der Waals surface area (Å²) in [4.78, 5) is 16.3. The number of amides is 1. The Balaban J connectivity index is 1.87. The predicted octanol–water partition coefficient (Wildman–Crippen LogP) is 0.605. The summed E-state index contributed by atoms with van der Waals surface area (Å²) >= 11 is 0. The molecule has 0 bridgehead atoms. The first-order chi connectivity index (χ1) is 10.6. The van der Waals surface area contributed by atoms with Crippen LogP contribution in [0.15, 0.2) is 11.2 Å². The first-order valence-electron chi connectivity index (χ1n) is 6.70. The third-order valence-electron chi connectivity index (χ3n) is 3.52. The van der Waals surface area contributed by atoms with Gasteiger partial charge in [0, 0.05) is 18.4 Å². The topological polar surface area (TPSA) is 102 Å². The van der Waals surface area contributed by atoms with E-state index >= 15 is 0 Å². The number of hydrogen-bond acceptors (Lipinski definition) is 7. The highest BCUT2D eigenvalue weighted by Crippen LogP contribution is 2.49. The van der Waals surface area contributed by atoms with Crippen LogP contribution in [0.2, 0.25) is 0 Å². The lowest BCUT2D eigenvalue weighted by atomic mass is 10.0. The van der Waals surface area contributed by atoms with Crippen molar-refractivity contribution in [2.75, 3.05) is 21.0 Å². The van der Waals surface area contributed by atoms with Gasteiger partial charge in [-0.1, -0.05) is 5.16 Å². The van der Waals surface area contributed by atoms with E-state index in [0.29, 0.717) is 35.8 Å². The van der Waals surface area contributed by atoms with E-state index in [2.05, 4.69) is 5.16 Å². The van der Waals surface area contributed by atoms with Crippen LogP contribution in [0, 0.1) is 0 Å². The summed E-state index contributed by atoms with van der Waals surface area (Å²) in [5.41, 5.74) is 6.25. The molecule has 118 valence electrons. The highest BCUT2D eigenvalue weighted by Gasteiger charge is 2.30. The molecule has 0 spiro atoms. The van der Waals surface area contributed by atoms with Crippen molar-refractivity contribution in [2.24, 2.45) is 10.9 Å². The van der Waals surface area contributed by atoms with Crippen LogP contribution in [0.4, 0.5) is 0 Å². The van der Waals surface area contributed by atoms with Gasteiger partial charge in [-0.3, -0.25) is 4.79 Å². The molecule has 0 unspecified atom stereocenters. The molecule has 0 aliphatic carbocycles. The molecule has 0 aromatic heterocycles. The monoisotopic (exact) mass is 308 g/mol. The van der Waals surface area contributed by atoms with E-state index in [1.165, 1.54) is 7.11 Å². The average Bonchev–Trinajstić information content (AvgIpc) is 3.14. The number of benzene rings is 1. The fraction of sp³-hybridized carbons (Fsp3) is 0.429. The van der Waals surface area contributed by atoms with Crippen molar-refractivity contribution < 1.29 is 28.6 Å². The normalized spacial score (nSPS) is 18.6. The van der Waals surface area contributed by atoms with Crippen LogP contribution in [0.25, 0.3) is 0 Å². The third kappa shape index (κ3) is 2.36. The summed E-state index contributed by atoms with van der Waals surface area (Å²) < 4.78 is 21.6. The Kier molecular flexibility index (Phi) is 3.66. The molecule has 2 aliphatic rings. The smallest absolute Gasteiger partial charge is 0.266 e. The van der Waals surface area contributed by atoms with Crippen molar-refractivity contribution in [2.45, 2.75) is 18.9 Å². The van der Waals surface area contributed by atoms with Crippen molar-refractivity contribution in [3.05, 3.63) is 11.6 Å². The van der Waals surface area contributed by atoms with E-state index in [9.17, 15) is 4.79 Å². The first-order valence-corrected chi connectivity index (χ1v) is 6.70. The first kappa shape index (κ1) is 14.3. The number of nitrogens with two attached hydrogens (primary N) is 1. The number of methoxy groups -OCH3 is 2. The van der Waals surface area contributed by atoms with Gasteiger partial charge in [0.15, 0.2) is 11.5 Å². The fourth-order valence-corrected chi connectivity index (χ4v) is 2.54. The SMILES string of the molecule is COc1c(C[C@H]2CC(C(N)=O)=NO2)cc2c(c1OC)OCO2. The number of fused-ring (bicyclic) bond motifs is 1. The standard InChI is InChI=1S/C14H16N2O6/c1-18-11-7(3-8-5-9(14(15)17)16-22-8)4-10-12(13(11)19-2)21-6-20-10/h4,8H,3,5-6H2,1-2H3,(H2,15,17)/t8-/m0/s1. The fourth-order valence-electron chi connectivity index (χ4n) is 2.54. The van der Waals surface area contributed by atoms with E-state index in [1.54, 1.807) is 7.11 Å². The number of ether oxygens (including phenoxy) is 4. The molecule has 1 amide bonds. The summed E-state index contributed by atoms with van der Waals surface area (Å²) in [6.45, 7) is 0.132. The lowest BCUT2D eigenvalue weighted by Crippen LogP contribution is -2.23.